The van der Waals surface area contributed by atoms with Crippen LogP contribution in [0.25, 0.3) is 0 Å². The average molecular weight is 1880 g/mol. The van der Waals surface area contributed by atoms with E-state index >= 15 is 0 Å². The number of hydrogen-bond donors (Lipinski definition) is 0. The number of rotatable bonds is 14. The van der Waals surface area contributed by atoms with Crippen LogP contribution in [0, 0.1) is 149 Å². The minimum atomic E-state index is -2.10. The van der Waals surface area contributed by atoms with E-state index in [0.29, 0.717) is 174 Å². The highest BCUT2D eigenvalue weighted by Crippen LogP contribution is 2.73. The van der Waals surface area contributed by atoms with Crippen LogP contribution in [0.5, 0.6) is 0 Å². The predicted molar refractivity (Wildman–Crippen MR) is 530 cm³/mol. The van der Waals surface area contributed by atoms with Gasteiger partial charge >= 0.3 is 29.8 Å². The summed E-state index contributed by atoms with van der Waals surface area (Å²) in [7, 11) is 0. The molecule has 0 N–H and O–H groups in total. The molecule has 15 nitrogen and oxygen atoms in total. The Bertz CT molecular complexity index is 5180. The van der Waals surface area contributed by atoms with E-state index in [2.05, 4.69) is 34.6 Å². The minimum absolute atomic E-state index is 0.0329. The molecule has 15 heteroatoms. The summed E-state index contributed by atoms with van der Waals surface area (Å²) in [5.74, 6) is 4.74. The lowest BCUT2D eigenvalue weighted by Crippen LogP contribution is -2.51. The number of aryl methyl sites for hydroxylation is 1. The minimum Gasteiger partial charge on any atom is -0.462 e. The van der Waals surface area contributed by atoms with Gasteiger partial charge in [-0.15, -0.1) is 0 Å². The Hall–Kier alpha value is -6.38. The van der Waals surface area contributed by atoms with Gasteiger partial charge in [-0.3, -0.25) is 47.9 Å². The molecule has 0 bridgehead atoms. The molecule has 0 radical (unpaired) electrons. The molecule has 0 spiro atoms. The van der Waals surface area contributed by atoms with E-state index in [1.54, 1.807) is 30.4 Å². The van der Waals surface area contributed by atoms with Gasteiger partial charge in [-0.2, -0.15) is 0 Å². The van der Waals surface area contributed by atoms with Crippen LogP contribution in [0.1, 0.15) is 437 Å². The maximum Gasteiger partial charge on any atom is 0.306 e. The molecule has 1 aromatic rings. The normalized spacial score (nSPS) is 45.9. The zero-order chi connectivity index (χ0) is 109. The third-order valence-electron chi connectivity index (χ3n) is 42.9. The van der Waals surface area contributed by atoms with Gasteiger partial charge in [0.1, 0.15) is 30.5 Å². The lowest BCUT2D eigenvalue weighted by atomic mass is 9.47. The van der Waals surface area contributed by atoms with Crippen LogP contribution >= 0.6 is 0 Å². The Kier molecular flexibility index (Phi) is 23.8. The van der Waals surface area contributed by atoms with Gasteiger partial charge in [-0.25, -0.2) is 0 Å². The molecule has 16 saturated carbocycles. The first-order valence-corrected chi connectivity index (χ1v) is 54.9. The lowest BCUT2D eigenvalue weighted by Gasteiger charge is -2.57. The first-order valence-electron chi connectivity index (χ1n) is 62.4. The van der Waals surface area contributed by atoms with Gasteiger partial charge in [-0.05, 0) is 395 Å². The number of benzene rings is 1. The zero-order valence-corrected chi connectivity index (χ0v) is 83.6. The molecule has 0 aromatic heterocycles. The van der Waals surface area contributed by atoms with Crippen molar-refractivity contribution in [3.8, 4) is 0 Å². The standard InChI is InChI=1S/C28H36O3.C27H40O3.3C22H32O3/c1-27-16-14-21(29)18-20(27)9-10-22-23-11-12-25(28(23,2)17-15-24(22)27)31-26(30)13-8-19-6-4-3-5-7-19;1-26-15-13-20(28)17-19(26)8-9-21-22-10-11-24(27(22,2)16-14-23(21)26)30-25(29)12-7-18-5-3-4-6-18;3*1-4-20(24)25-19-8-7-17-16-6-5-14-13-15(23)9-11-21(14,2)18(16)10-12-22(17,19)3/h3-7,18,22-25H,8-17H2,1-2H3;17-18,21-24H,3-16H2,1-2H3;3*13,16-19H,4-12H2,1-3H3/t22-,23-,24-,25-,27-,28-;21-,22-,23-,24-,26-,27-;3*16-,17-,18-,19-,21-,22-/m00000/s1/i2*1D3;3*2D3. The van der Waals surface area contributed by atoms with Crippen molar-refractivity contribution < 1.29 is 92.2 Å². The second kappa shape index (κ2) is 39.4. The third kappa shape index (κ3) is 18.3. The summed E-state index contributed by atoms with van der Waals surface area (Å²) < 4.78 is 157. The number of carbonyl (C=O) groups excluding carboxylic acids is 10. The maximum atomic E-state index is 12.7. The molecule has 16 fully saturated rings. The van der Waals surface area contributed by atoms with Gasteiger partial charge in [0.05, 0.1) is 0 Å². The number of fused-ring (bicyclic) bond motifs is 25. The Labute approximate surface area is 837 Å². The summed E-state index contributed by atoms with van der Waals surface area (Å²) in [5.41, 5.74) is 1.13. The van der Waals surface area contributed by atoms with Crippen LogP contribution in [-0.4, -0.2) is 89.3 Å². The van der Waals surface area contributed by atoms with Gasteiger partial charge in [0.25, 0.3) is 0 Å². The Morgan fingerprint density at radius 3 is 0.772 bits per heavy atom. The molecule has 136 heavy (non-hydrogen) atoms. The lowest BCUT2D eigenvalue weighted by molar-refractivity contribution is -0.160. The maximum absolute atomic E-state index is 12.7. The topological polar surface area (TPSA) is 217 Å². The highest BCUT2D eigenvalue weighted by atomic mass is 16.6. The van der Waals surface area contributed by atoms with E-state index in [-0.39, 0.29) is 146 Å². The summed E-state index contributed by atoms with van der Waals surface area (Å²) in [6.07, 6.45) is 47.6. The van der Waals surface area contributed by atoms with Gasteiger partial charge in [0.2, 0.25) is 0 Å². The smallest absolute Gasteiger partial charge is 0.306 e. The monoisotopic (exact) mass is 1880 g/mol. The van der Waals surface area contributed by atoms with Crippen molar-refractivity contribution in [3.63, 3.8) is 0 Å². The molecule has 0 aliphatic heterocycles. The summed E-state index contributed by atoms with van der Waals surface area (Å²) in [4.78, 5) is 122. The van der Waals surface area contributed by atoms with Crippen LogP contribution in [0.15, 0.2) is 88.6 Å². The predicted octanol–water partition coefficient (Wildman–Crippen LogP) is 27.0. The number of hydrogen-bond acceptors (Lipinski definition) is 15. The van der Waals surface area contributed by atoms with E-state index in [1.165, 1.54) is 25.7 Å². The second-order valence-corrected chi connectivity index (χ2v) is 48.9. The number of carbonyl (C=O) groups is 10. The first-order chi connectivity index (χ1) is 71.2. The van der Waals surface area contributed by atoms with E-state index in [0.717, 1.165) is 226 Å². The summed E-state index contributed by atoms with van der Waals surface area (Å²) in [6.45, 7) is 6.40. The number of allylic oxidation sites excluding steroid dienone is 5. The van der Waals surface area contributed by atoms with Gasteiger partial charge in [0, 0.05) is 112 Å². The van der Waals surface area contributed by atoms with Crippen LogP contribution in [0.2, 0.25) is 0 Å². The van der Waals surface area contributed by atoms with E-state index in [1.807, 2.05) is 51.1 Å². The molecule has 30 atom stereocenters. The fraction of sp³-hybridized carbons (Fsp3) is 0.785. The van der Waals surface area contributed by atoms with Gasteiger partial charge in [0.15, 0.2) is 28.9 Å². The third-order valence-corrected chi connectivity index (χ3v) is 42.9. The molecule has 21 aliphatic carbocycles. The largest absolute Gasteiger partial charge is 0.462 e. The molecular weight excluding hydrogens is 1690 g/mol. The van der Waals surface area contributed by atoms with Crippen LogP contribution in [-0.2, 0) is 78.1 Å². The zero-order valence-electron chi connectivity index (χ0n) is 98.6. The van der Waals surface area contributed by atoms with Gasteiger partial charge in [-0.1, -0.05) is 174 Å². The fourth-order valence-electron chi connectivity index (χ4n) is 35.5. The summed E-state index contributed by atoms with van der Waals surface area (Å²) in [5, 5.41) is 0. The molecule has 21 aliphatic rings. The van der Waals surface area contributed by atoms with Gasteiger partial charge < -0.3 is 23.7 Å². The molecule has 22 rings (SSSR count). The second-order valence-electron chi connectivity index (χ2n) is 48.9. The quantitative estimate of drug-likeness (QED) is 0.125. The van der Waals surface area contributed by atoms with Crippen LogP contribution in [0.3, 0.4) is 0 Å². The summed E-state index contributed by atoms with van der Waals surface area (Å²) >= 11 is 0. The SMILES string of the molecule is [2H]C([2H])([2H])[C@]12CCC(=O)C=C1CC[C@H]1[C@@H]3CC[C@H](OC(=O)CC)[C@@]3(C)CC[C@@H]12.[2H]C([2H])([2H])[C@]12CCC(=O)C=C1CC[C@H]1[C@@H]3CC[C@H](OC(=O)CC)[C@@]3(C)CC[C@@H]12.[2H]C([2H])([2H])[C@]12CCC(=O)C=C1CC[C@H]1[C@@H]3CC[C@H](OC(=O)CC)[C@@]3(C)CC[C@@H]12.[2H]C([2H])([2H])[C@]12CCC(=O)C=C1CC[C@H]1[C@@H]3CC[C@H](OC(=O)CCC4CCCC4)[C@@]3(C)CC[C@@H]12.[2H]C([2H])([2H])[C@]12CCC(=O)C=C1CC[C@H]1[C@@H]3CC[C@H](OC(=O)CCc4ccccc4)[C@@]3(C)CC[C@@H]12. The molecule has 1 aromatic carbocycles. The van der Waals surface area contributed by atoms with Crippen molar-refractivity contribution >= 4 is 58.8 Å². The van der Waals surface area contributed by atoms with E-state index in [9.17, 15) is 47.9 Å². The van der Waals surface area contributed by atoms with Crippen molar-refractivity contribution in [1.29, 1.82) is 0 Å². The van der Waals surface area contributed by atoms with Crippen molar-refractivity contribution in [1.82, 2.24) is 0 Å². The molecule has 0 saturated heterocycles. The fourth-order valence-corrected chi connectivity index (χ4v) is 35.5. The highest BCUT2D eigenvalue weighted by molar-refractivity contribution is 5.94. The highest BCUT2D eigenvalue weighted by Gasteiger charge is 2.67. The van der Waals surface area contributed by atoms with Crippen molar-refractivity contribution in [2.24, 2.45) is 149 Å². The number of ketones is 5. The molecule has 746 valence electrons. The summed E-state index contributed by atoms with van der Waals surface area (Å²) in [6, 6.07) is 10.0. The Balaban J connectivity index is 0.000000123. The van der Waals surface area contributed by atoms with E-state index < -0.39 is 61.3 Å². The molecular formula is C121H172O15. The molecule has 0 amide bonds. The van der Waals surface area contributed by atoms with Crippen LogP contribution in [0.4, 0.5) is 0 Å². The van der Waals surface area contributed by atoms with E-state index in [4.69, 9.17) is 44.2 Å². The average Bonchev–Trinajstić information content (AvgIpc) is 1.68. The molecule has 0 heterocycles. The van der Waals surface area contributed by atoms with Crippen molar-refractivity contribution in [2.75, 3.05) is 0 Å². The Morgan fingerprint density at radius 1 is 0.287 bits per heavy atom. The van der Waals surface area contributed by atoms with Crippen LogP contribution < -0.4 is 0 Å². The van der Waals surface area contributed by atoms with Crippen molar-refractivity contribution in [3.05, 3.63) is 94.1 Å². The van der Waals surface area contributed by atoms with Crippen molar-refractivity contribution in [2.45, 2.75) is 448 Å². The number of ether oxygens (including phenoxy) is 5. The number of esters is 5. The first kappa shape index (κ1) is 82.1. The Morgan fingerprint density at radius 2 is 0.529 bits per heavy atom. The molecule has 0 unspecified atom stereocenters.